The van der Waals surface area contributed by atoms with Crippen molar-refractivity contribution in [1.82, 2.24) is 9.55 Å². The molecule has 2 aromatic rings. The van der Waals surface area contributed by atoms with E-state index in [1.807, 2.05) is 17.8 Å². The Morgan fingerprint density at radius 3 is 2.33 bits per heavy atom. The molecule has 0 aliphatic rings. The number of nitrogens with two attached hydrogens (primary N) is 1. The molecule has 0 aliphatic carbocycles. The fraction of sp³-hybridized carbons (Fsp3) is 0.400. The van der Waals surface area contributed by atoms with Gasteiger partial charge in [-0.05, 0) is 23.5 Å². The highest BCUT2D eigenvalue weighted by molar-refractivity contribution is 5.65. The first-order valence-electron chi connectivity index (χ1n) is 6.19. The van der Waals surface area contributed by atoms with Gasteiger partial charge in [0.15, 0.2) is 5.95 Å². The molecule has 1 heterocycles. The lowest BCUT2D eigenvalue weighted by Crippen LogP contribution is -2.11. The average Bonchev–Trinajstić information content (AvgIpc) is 2.57. The van der Waals surface area contributed by atoms with E-state index in [0.717, 1.165) is 11.3 Å². The lowest BCUT2D eigenvalue weighted by molar-refractivity contribution is 0.590. The summed E-state index contributed by atoms with van der Waals surface area (Å²) >= 11 is 0. The fourth-order valence-electron chi connectivity index (χ4n) is 2.03. The summed E-state index contributed by atoms with van der Waals surface area (Å²) in [5.74, 6) is 0.546. The van der Waals surface area contributed by atoms with Gasteiger partial charge in [-0.2, -0.15) is 0 Å². The maximum absolute atomic E-state index is 5.78. The number of imidazole rings is 1. The lowest BCUT2D eigenvalue weighted by Gasteiger charge is -2.20. The van der Waals surface area contributed by atoms with Crippen molar-refractivity contribution < 1.29 is 0 Å². The van der Waals surface area contributed by atoms with E-state index in [0.29, 0.717) is 5.95 Å². The Morgan fingerprint density at radius 1 is 1.22 bits per heavy atom. The molecule has 0 saturated heterocycles. The van der Waals surface area contributed by atoms with Crippen molar-refractivity contribution >= 4 is 5.95 Å². The molecular weight excluding hydrogens is 222 g/mol. The van der Waals surface area contributed by atoms with Gasteiger partial charge in [-0.3, -0.25) is 0 Å². The molecule has 0 saturated carbocycles. The number of rotatable bonds is 1. The molecule has 1 aromatic carbocycles. The van der Waals surface area contributed by atoms with Gasteiger partial charge in [0.1, 0.15) is 0 Å². The van der Waals surface area contributed by atoms with Crippen LogP contribution in [0.2, 0.25) is 0 Å². The second kappa shape index (κ2) is 4.16. The molecule has 0 bridgehead atoms. The van der Waals surface area contributed by atoms with Crippen molar-refractivity contribution in [2.75, 3.05) is 5.73 Å². The van der Waals surface area contributed by atoms with E-state index in [4.69, 9.17) is 5.73 Å². The van der Waals surface area contributed by atoms with Gasteiger partial charge in [0, 0.05) is 18.8 Å². The zero-order chi connectivity index (χ0) is 13.5. The standard InChI is InChI=1S/C15H21N3/c1-10-8-11(15(2,3)4)6-7-12(10)13-9-18(5)14(16)17-13/h6-9H,1-5H3,(H2,16,17). The first-order valence-corrected chi connectivity index (χ1v) is 6.19. The minimum absolute atomic E-state index is 0.173. The molecule has 18 heavy (non-hydrogen) atoms. The molecule has 2 rings (SSSR count). The summed E-state index contributed by atoms with van der Waals surface area (Å²) in [5, 5.41) is 0. The molecule has 0 amide bonds. The molecule has 3 heteroatoms. The third-order valence-corrected chi connectivity index (χ3v) is 3.28. The topological polar surface area (TPSA) is 43.8 Å². The smallest absolute Gasteiger partial charge is 0.200 e. The molecule has 0 radical (unpaired) electrons. The first-order chi connectivity index (χ1) is 8.29. The summed E-state index contributed by atoms with van der Waals surface area (Å²) in [6.07, 6.45) is 1.97. The Morgan fingerprint density at radius 2 is 1.89 bits per heavy atom. The van der Waals surface area contributed by atoms with Gasteiger partial charge in [0.25, 0.3) is 0 Å². The maximum atomic E-state index is 5.78. The number of nitrogen functional groups attached to an aromatic ring is 1. The quantitative estimate of drug-likeness (QED) is 0.835. The number of anilines is 1. The number of hydrogen-bond donors (Lipinski definition) is 1. The molecular formula is C15H21N3. The summed E-state index contributed by atoms with van der Waals surface area (Å²) in [7, 11) is 1.91. The predicted molar refractivity (Wildman–Crippen MR) is 76.5 cm³/mol. The Hall–Kier alpha value is -1.77. The average molecular weight is 243 g/mol. The van der Waals surface area contributed by atoms with Gasteiger partial charge in [-0.15, -0.1) is 0 Å². The van der Waals surface area contributed by atoms with E-state index in [-0.39, 0.29) is 5.41 Å². The maximum Gasteiger partial charge on any atom is 0.200 e. The summed E-state index contributed by atoms with van der Waals surface area (Å²) < 4.78 is 1.84. The van der Waals surface area contributed by atoms with Gasteiger partial charge in [-0.25, -0.2) is 4.98 Å². The van der Waals surface area contributed by atoms with Crippen LogP contribution in [0.4, 0.5) is 5.95 Å². The van der Waals surface area contributed by atoms with Crippen molar-refractivity contribution in [3.05, 3.63) is 35.5 Å². The van der Waals surface area contributed by atoms with Crippen LogP contribution in [0.5, 0.6) is 0 Å². The van der Waals surface area contributed by atoms with E-state index < -0.39 is 0 Å². The molecule has 0 spiro atoms. The van der Waals surface area contributed by atoms with Crippen molar-refractivity contribution in [3.8, 4) is 11.3 Å². The van der Waals surface area contributed by atoms with Gasteiger partial charge in [0.2, 0.25) is 0 Å². The minimum atomic E-state index is 0.173. The van der Waals surface area contributed by atoms with Crippen molar-refractivity contribution in [2.45, 2.75) is 33.1 Å². The second-order valence-corrected chi connectivity index (χ2v) is 5.87. The molecule has 0 atom stereocenters. The van der Waals surface area contributed by atoms with Crippen LogP contribution in [-0.4, -0.2) is 9.55 Å². The third-order valence-electron chi connectivity index (χ3n) is 3.28. The van der Waals surface area contributed by atoms with Gasteiger partial charge in [-0.1, -0.05) is 39.0 Å². The monoisotopic (exact) mass is 243 g/mol. The van der Waals surface area contributed by atoms with Crippen molar-refractivity contribution in [1.29, 1.82) is 0 Å². The number of aryl methyl sites for hydroxylation is 2. The van der Waals surface area contributed by atoms with Crippen LogP contribution in [0.1, 0.15) is 31.9 Å². The lowest BCUT2D eigenvalue weighted by atomic mass is 9.85. The Labute approximate surface area is 109 Å². The number of benzene rings is 1. The summed E-state index contributed by atoms with van der Waals surface area (Å²) in [6.45, 7) is 8.79. The van der Waals surface area contributed by atoms with E-state index in [9.17, 15) is 0 Å². The van der Waals surface area contributed by atoms with Crippen molar-refractivity contribution in [3.63, 3.8) is 0 Å². The van der Waals surface area contributed by atoms with Gasteiger partial charge in [0.05, 0.1) is 5.69 Å². The summed E-state index contributed by atoms with van der Waals surface area (Å²) in [5.41, 5.74) is 10.6. The molecule has 3 nitrogen and oxygen atoms in total. The van der Waals surface area contributed by atoms with E-state index in [1.165, 1.54) is 11.1 Å². The second-order valence-electron chi connectivity index (χ2n) is 5.87. The third kappa shape index (κ3) is 2.26. The molecule has 1 aromatic heterocycles. The number of hydrogen-bond acceptors (Lipinski definition) is 2. The minimum Gasteiger partial charge on any atom is -0.369 e. The van der Waals surface area contributed by atoms with Gasteiger partial charge < -0.3 is 10.3 Å². The van der Waals surface area contributed by atoms with E-state index >= 15 is 0 Å². The van der Waals surface area contributed by atoms with Crippen LogP contribution in [0.25, 0.3) is 11.3 Å². The summed E-state index contributed by atoms with van der Waals surface area (Å²) in [4.78, 5) is 4.37. The van der Waals surface area contributed by atoms with Crippen LogP contribution in [-0.2, 0) is 12.5 Å². The zero-order valence-corrected chi connectivity index (χ0v) is 11.8. The Kier molecular flexibility index (Phi) is 2.93. The molecule has 0 aliphatic heterocycles. The number of aromatic nitrogens is 2. The van der Waals surface area contributed by atoms with Crippen LogP contribution in [0, 0.1) is 6.92 Å². The highest BCUT2D eigenvalue weighted by atomic mass is 15.1. The van der Waals surface area contributed by atoms with E-state index in [1.54, 1.807) is 0 Å². The highest BCUT2D eigenvalue weighted by Gasteiger charge is 2.15. The van der Waals surface area contributed by atoms with Crippen LogP contribution < -0.4 is 5.73 Å². The number of nitrogens with zero attached hydrogens (tertiary/aromatic N) is 2. The Balaban J connectivity index is 2.48. The molecule has 0 fully saturated rings. The van der Waals surface area contributed by atoms with Crippen LogP contribution >= 0.6 is 0 Å². The van der Waals surface area contributed by atoms with Crippen LogP contribution in [0.3, 0.4) is 0 Å². The molecule has 96 valence electrons. The fourth-order valence-corrected chi connectivity index (χ4v) is 2.03. The molecule has 0 unspecified atom stereocenters. The van der Waals surface area contributed by atoms with Crippen LogP contribution in [0.15, 0.2) is 24.4 Å². The SMILES string of the molecule is Cc1cc(C(C)(C)C)ccc1-c1cn(C)c(N)n1. The van der Waals surface area contributed by atoms with Gasteiger partial charge >= 0.3 is 0 Å². The zero-order valence-electron chi connectivity index (χ0n) is 11.8. The highest BCUT2D eigenvalue weighted by Crippen LogP contribution is 2.29. The molecule has 2 N–H and O–H groups in total. The largest absolute Gasteiger partial charge is 0.369 e. The van der Waals surface area contributed by atoms with Crippen molar-refractivity contribution in [2.24, 2.45) is 7.05 Å². The first kappa shape index (κ1) is 12.7. The van der Waals surface area contributed by atoms with E-state index in [2.05, 4.69) is 50.9 Å². The Bertz CT molecular complexity index is 554. The normalized spacial score (nSPS) is 11.8. The predicted octanol–water partition coefficient (Wildman–Crippen LogP) is 3.28. The summed E-state index contributed by atoms with van der Waals surface area (Å²) in [6, 6.07) is 6.55.